The van der Waals surface area contributed by atoms with E-state index in [0.717, 1.165) is 10.3 Å². The van der Waals surface area contributed by atoms with Crippen molar-refractivity contribution in [1.29, 1.82) is 0 Å². The lowest BCUT2D eigenvalue weighted by atomic mass is 10.1. The highest BCUT2D eigenvalue weighted by Gasteiger charge is 2.08. The normalized spacial score (nSPS) is 10.8. The van der Waals surface area contributed by atoms with E-state index in [1.807, 2.05) is 12.1 Å². The van der Waals surface area contributed by atoms with Crippen LogP contribution in [0, 0.1) is 6.92 Å². The monoisotopic (exact) mass is 342 g/mol. The Morgan fingerprint density at radius 1 is 0.905 bits per heavy atom. The maximum absolute atomic E-state index is 5.32. The Bertz CT molecular complexity index is 655. The second-order valence-corrected chi connectivity index (χ2v) is 5.99. The molecule has 4 heteroatoms. The summed E-state index contributed by atoms with van der Waals surface area (Å²) in [5.74, 6) is 1.38. The lowest BCUT2D eigenvalue weighted by Gasteiger charge is -1.97. The molecule has 2 aromatic carbocycles. The molecule has 0 fully saturated rings. The first-order valence-electron chi connectivity index (χ1n) is 6.80. The fourth-order valence-electron chi connectivity index (χ4n) is 2.10. The molecule has 0 spiro atoms. The van der Waals surface area contributed by atoms with Crippen LogP contribution in [0.4, 0.5) is 0 Å². The van der Waals surface area contributed by atoms with E-state index in [0.29, 0.717) is 18.7 Å². The number of aromatic nitrogens is 2. The standard InChI is InChI=1S/C17H15BrN2O/c1-12-2-4-14(5-3-12)11-17-19-16(20-21-17)10-13-6-8-15(18)9-7-13/h2-9H,10-11H2,1H3. The Balaban J connectivity index is 1.68. The molecule has 0 N–H and O–H groups in total. The molecule has 106 valence electrons. The summed E-state index contributed by atoms with van der Waals surface area (Å²) in [6.07, 6.45) is 1.36. The average molecular weight is 343 g/mol. The van der Waals surface area contributed by atoms with Gasteiger partial charge in [0.25, 0.3) is 0 Å². The van der Waals surface area contributed by atoms with Gasteiger partial charge in [0.2, 0.25) is 5.89 Å². The number of rotatable bonds is 4. The van der Waals surface area contributed by atoms with Gasteiger partial charge in [0.1, 0.15) is 0 Å². The fraction of sp³-hybridized carbons (Fsp3) is 0.176. The molecule has 0 aliphatic rings. The van der Waals surface area contributed by atoms with Crippen LogP contribution < -0.4 is 0 Å². The molecule has 0 saturated heterocycles. The molecule has 0 radical (unpaired) electrons. The molecule has 0 aliphatic heterocycles. The van der Waals surface area contributed by atoms with Crippen molar-refractivity contribution in [1.82, 2.24) is 10.1 Å². The van der Waals surface area contributed by atoms with Crippen LogP contribution in [0.1, 0.15) is 28.4 Å². The van der Waals surface area contributed by atoms with Crippen molar-refractivity contribution in [2.75, 3.05) is 0 Å². The first-order valence-corrected chi connectivity index (χ1v) is 7.60. The van der Waals surface area contributed by atoms with Crippen molar-refractivity contribution in [3.8, 4) is 0 Å². The Morgan fingerprint density at radius 2 is 1.52 bits per heavy atom. The average Bonchev–Trinajstić information content (AvgIpc) is 2.91. The minimum absolute atomic E-state index is 0.658. The highest BCUT2D eigenvalue weighted by atomic mass is 79.9. The van der Waals surface area contributed by atoms with Crippen molar-refractivity contribution in [2.45, 2.75) is 19.8 Å². The summed E-state index contributed by atoms with van der Waals surface area (Å²) in [7, 11) is 0. The van der Waals surface area contributed by atoms with Gasteiger partial charge in [-0.1, -0.05) is 63.0 Å². The molecule has 0 aliphatic carbocycles. The molecule has 0 saturated carbocycles. The van der Waals surface area contributed by atoms with E-state index in [1.165, 1.54) is 16.7 Å². The Labute approximate surface area is 132 Å². The molecule has 0 atom stereocenters. The molecule has 1 aromatic heterocycles. The van der Waals surface area contributed by atoms with Crippen LogP contribution in [0.2, 0.25) is 0 Å². The third kappa shape index (κ3) is 3.79. The summed E-state index contributed by atoms with van der Waals surface area (Å²) < 4.78 is 6.39. The maximum Gasteiger partial charge on any atom is 0.231 e. The molecule has 3 nitrogen and oxygen atoms in total. The first-order chi connectivity index (χ1) is 10.2. The zero-order chi connectivity index (χ0) is 14.7. The van der Waals surface area contributed by atoms with Crippen LogP contribution in [-0.4, -0.2) is 10.1 Å². The SMILES string of the molecule is Cc1ccc(Cc2nc(Cc3ccc(Br)cc3)no2)cc1. The molecule has 21 heavy (non-hydrogen) atoms. The smallest absolute Gasteiger partial charge is 0.231 e. The zero-order valence-electron chi connectivity index (χ0n) is 11.7. The quantitative estimate of drug-likeness (QED) is 0.708. The first kappa shape index (κ1) is 14.0. The zero-order valence-corrected chi connectivity index (χ0v) is 13.3. The van der Waals surface area contributed by atoms with Crippen LogP contribution in [0.15, 0.2) is 57.5 Å². The molecule has 0 amide bonds. The maximum atomic E-state index is 5.32. The minimum atomic E-state index is 0.658. The third-order valence-corrected chi connectivity index (χ3v) is 3.79. The van der Waals surface area contributed by atoms with Gasteiger partial charge in [-0.2, -0.15) is 4.98 Å². The van der Waals surface area contributed by atoms with Crippen molar-refractivity contribution >= 4 is 15.9 Å². The predicted molar refractivity (Wildman–Crippen MR) is 85.2 cm³/mol. The molecule has 3 aromatic rings. The van der Waals surface area contributed by atoms with E-state index < -0.39 is 0 Å². The largest absolute Gasteiger partial charge is 0.339 e. The van der Waals surface area contributed by atoms with Crippen LogP contribution in [-0.2, 0) is 12.8 Å². The van der Waals surface area contributed by atoms with E-state index in [4.69, 9.17) is 4.52 Å². The predicted octanol–water partition coefficient (Wildman–Crippen LogP) is 4.32. The lowest BCUT2D eigenvalue weighted by molar-refractivity contribution is 0.380. The van der Waals surface area contributed by atoms with Crippen LogP contribution in [0.25, 0.3) is 0 Å². The second kappa shape index (κ2) is 6.22. The highest BCUT2D eigenvalue weighted by molar-refractivity contribution is 9.10. The van der Waals surface area contributed by atoms with E-state index >= 15 is 0 Å². The van der Waals surface area contributed by atoms with Crippen LogP contribution in [0.5, 0.6) is 0 Å². The van der Waals surface area contributed by atoms with Gasteiger partial charge in [-0.05, 0) is 30.2 Å². The van der Waals surface area contributed by atoms with Gasteiger partial charge in [0, 0.05) is 10.9 Å². The van der Waals surface area contributed by atoms with Crippen LogP contribution in [0.3, 0.4) is 0 Å². The van der Waals surface area contributed by atoms with Crippen molar-refractivity contribution in [2.24, 2.45) is 0 Å². The van der Waals surface area contributed by atoms with Gasteiger partial charge < -0.3 is 4.52 Å². The number of nitrogens with zero attached hydrogens (tertiary/aromatic N) is 2. The Kier molecular flexibility index (Phi) is 4.15. The molecule has 1 heterocycles. The minimum Gasteiger partial charge on any atom is -0.339 e. The molecule has 0 bridgehead atoms. The summed E-state index contributed by atoms with van der Waals surface area (Å²) in [5, 5.41) is 4.05. The van der Waals surface area contributed by atoms with Crippen LogP contribution >= 0.6 is 15.9 Å². The van der Waals surface area contributed by atoms with Crippen molar-refractivity contribution in [3.05, 3.63) is 81.4 Å². The summed E-state index contributed by atoms with van der Waals surface area (Å²) in [6.45, 7) is 2.08. The van der Waals surface area contributed by atoms with Gasteiger partial charge in [0.15, 0.2) is 5.82 Å². The summed E-state index contributed by atoms with van der Waals surface area (Å²) in [4.78, 5) is 4.46. The van der Waals surface area contributed by atoms with Gasteiger partial charge in [-0.25, -0.2) is 0 Å². The lowest BCUT2D eigenvalue weighted by Crippen LogP contribution is -1.92. The number of hydrogen-bond donors (Lipinski definition) is 0. The number of halogens is 1. The van der Waals surface area contributed by atoms with Gasteiger partial charge in [0.05, 0.1) is 6.42 Å². The van der Waals surface area contributed by atoms with Gasteiger partial charge in [-0.15, -0.1) is 0 Å². The third-order valence-electron chi connectivity index (χ3n) is 3.26. The Hall–Kier alpha value is -1.94. The van der Waals surface area contributed by atoms with Gasteiger partial charge >= 0.3 is 0 Å². The van der Waals surface area contributed by atoms with E-state index in [-0.39, 0.29) is 0 Å². The summed E-state index contributed by atoms with van der Waals surface area (Å²) >= 11 is 3.43. The highest BCUT2D eigenvalue weighted by Crippen LogP contribution is 2.14. The van der Waals surface area contributed by atoms with E-state index in [9.17, 15) is 0 Å². The number of aryl methyl sites for hydroxylation is 1. The molecule has 0 unspecified atom stereocenters. The Morgan fingerprint density at radius 3 is 2.24 bits per heavy atom. The molecular weight excluding hydrogens is 328 g/mol. The number of hydrogen-bond acceptors (Lipinski definition) is 3. The van der Waals surface area contributed by atoms with Crippen molar-refractivity contribution < 1.29 is 4.52 Å². The van der Waals surface area contributed by atoms with Gasteiger partial charge in [-0.3, -0.25) is 0 Å². The summed E-state index contributed by atoms with van der Waals surface area (Å²) in [5.41, 5.74) is 3.60. The molecular formula is C17H15BrN2O. The second-order valence-electron chi connectivity index (χ2n) is 5.07. The van der Waals surface area contributed by atoms with E-state index in [2.05, 4.69) is 69.4 Å². The molecule has 3 rings (SSSR count). The fourth-order valence-corrected chi connectivity index (χ4v) is 2.36. The topological polar surface area (TPSA) is 38.9 Å². The summed E-state index contributed by atoms with van der Waals surface area (Å²) in [6, 6.07) is 16.5. The van der Waals surface area contributed by atoms with Crippen molar-refractivity contribution in [3.63, 3.8) is 0 Å². The number of benzene rings is 2. The van der Waals surface area contributed by atoms with E-state index in [1.54, 1.807) is 0 Å².